The van der Waals surface area contributed by atoms with E-state index in [0.717, 1.165) is 4.31 Å². The number of amides is 1. The highest BCUT2D eigenvalue weighted by molar-refractivity contribution is 7.90. The Kier molecular flexibility index (Phi) is 3.58. The van der Waals surface area contributed by atoms with E-state index in [2.05, 4.69) is 0 Å². The monoisotopic (exact) mass is 321 g/mol. The number of nitrogens with zero attached hydrogens (tertiary/aromatic N) is 1. The van der Waals surface area contributed by atoms with Gasteiger partial charge in [-0.2, -0.15) is 0 Å². The first kappa shape index (κ1) is 14.5. The number of rotatable bonds is 4. The predicted octanol–water partition coefficient (Wildman–Crippen LogP) is 2.05. The van der Waals surface area contributed by atoms with E-state index in [-0.39, 0.29) is 29.4 Å². The number of hydrogen-bond donors (Lipinski definition) is 0. The fourth-order valence-electron chi connectivity index (χ4n) is 2.26. The molecular weight excluding hydrogens is 309 g/mol. The molecule has 0 N–H and O–H groups in total. The minimum Gasteiger partial charge on any atom is -0.492 e. The largest absolute Gasteiger partial charge is 0.492 e. The minimum absolute atomic E-state index is 0.00533. The van der Waals surface area contributed by atoms with E-state index in [1.807, 2.05) is 0 Å². The fraction of sp³-hybridized carbons (Fsp3) is 0.133. The van der Waals surface area contributed by atoms with Crippen LogP contribution in [0, 0.1) is 5.82 Å². The summed E-state index contributed by atoms with van der Waals surface area (Å²) in [6.07, 6.45) is 0. The number of benzene rings is 2. The topological polar surface area (TPSA) is 63.7 Å². The molecule has 3 rings (SSSR count). The van der Waals surface area contributed by atoms with Crippen LogP contribution in [0.5, 0.6) is 5.75 Å². The lowest BCUT2D eigenvalue weighted by Crippen LogP contribution is -2.33. The van der Waals surface area contributed by atoms with Gasteiger partial charge in [-0.25, -0.2) is 17.1 Å². The van der Waals surface area contributed by atoms with Gasteiger partial charge in [0.1, 0.15) is 23.1 Å². The lowest BCUT2D eigenvalue weighted by molar-refractivity contribution is 0.0857. The number of halogens is 1. The lowest BCUT2D eigenvalue weighted by Gasteiger charge is -2.15. The van der Waals surface area contributed by atoms with Crippen LogP contribution in [0.25, 0.3) is 0 Å². The summed E-state index contributed by atoms with van der Waals surface area (Å²) in [6.45, 7) is -0.186. The maximum atomic E-state index is 13.0. The number of fused-ring (bicyclic) bond motifs is 1. The molecule has 0 atom stereocenters. The van der Waals surface area contributed by atoms with E-state index in [9.17, 15) is 17.6 Å². The van der Waals surface area contributed by atoms with Crippen molar-refractivity contribution in [3.8, 4) is 5.75 Å². The summed E-state index contributed by atoms with van der Waals surface area (Å²) in [4.78, 5) is 12.1. The van der Waals surface area contributed by atoms with Gasteiger partial charge in [0, 0.05) is 6.07 Å². The van der Waals surface area contributed by atoms with Crippen LogP contribution in [0.2, 0.25) is 0 Å². The molecule has 1 aliphatic heterocycles. The maximum absolute atomic E-state index is 13.0. The zero-order valence-electron chi connectivity index (χ0n) is 11.4. The zero-order chi connectivity index (χ0) is 15.7. The van der Waals surface area contributed by atoms with Crippen molar-refractivity contribution in [1.29, 1.82) is 0 Å². The van der Waals surface area contributed by atoms with Crippen molar-refractivity contribution >= 4 is 15.9 Å². The molecule has 0 saturated heterocycles. The number of ether oxygens (including phenoxy) is 1. The molecule has 5 nitrogen and oxygen atoms in total. The van der Waals surface area contributed by atoms with Crippen LogP contribution in [0.1, 0.15) is 10.4 Å². The second-order valence-electron chi connectivity index (χ2n) is 4.68. The molecule has 114 valence electrons. The van der Waals surface area contributed by atoms with Gasteiger partial charge < -0.3 is 4.74 Å². The molecule has 7 heteroatoms. The molecule has 2 aromatic carbocycles. The van der Waals surface area contributed by atoms with Crippen LogP contribution in [0.4, 0.5) is 4.39 Å². The SMILES string of the molecule is O=C1c2ccccc2S(=O)(=O)N1CCOc1cccc(F)c1. The molecule has 0 aromatic heterocycles. The number of carbonyl (C=O) groups is 1. The molecule has 0 unspecified atom stereocenters. The van der Waals surface area contributed by atoms with E-state index in [4.69, 9.17) is 4.74 Å². The van der Waals surface area contributed by atoms with Crippen molar-refractivity contribution in [2.24, 2.45) is 0 Å². The van der Waals surface area contributed by atoms with Gasteiger partial charge in [-0.1, -0.05) is 18.2 Å². The van der Waals surface area contributed by atoms with Crippen LogP contribution in [0.15, 0.2) is 53.4 Å². The molecular formula is C15H12FNO4S. The second-order valence-corrected chi connectivity index (χ2v) is 6.52. The van der Waals surface area contributed by atoms with E-state index in [0.29, 0.717) is 0 Å². The smallest absolute Gasteiger partial charge is 0.269 e. The lowest BCUT2D eigenvalue weighted by atomic mass is 10.2. The van der Waals surface area contributed by atoms with Gasteiger partial charge in [0.05, 0.1) is 12.1 Å². The molecule has 0 fully saturated rings. The Morgan fingerprint density at radius 3 is 2.59 bits per heavy atom. The second kappa shape index (κ2) is 5.42. The van der Waals surface area contributed by atoms with Gasteiger partial charge in [0.15, 0.2) is 0 Å². The van der Waals surface area contributed by atoms with Gasteiger partial charge in [-0.3, -0.25) is 4.79 Å². The fourth-order valence-corrected chi connectivity index (χ4v) is 3.81. The molecule has 22 heavy (non-hydrogen) atoms. The molecule has 0 saturated carbocycles. The van der Waals surface area contributed by atoms with Gasteiger partial charge >= 0.3 is 0 Å². The molecule has 1 aliphatic rings. The van der Waals surface area contributed by atoms with Crippen molar-refractivity contribution in [1.82, 2.24) is 4.31 Å². The molecule has 1 heterocycles. The van der Waals surface area contributed by atoms with Crippen LogP contribution in [-0.4, -0.2) is 31.8 Å². The number of sulfonamides is 1. The van der Waals surface area contributed by atoms with E-state index >= 15 is 0 Å². The first-order chi connectivity index (χ1) is 10.5. The van der Waals surface area contributed by atoms with Gasteiger partial charge in [-0.05, 0) is 24.3 Å². The summed E-state index contributed by atoms with van der Waals surface area (Å²) in [6, 6.07) is 11.6. The molecule has 0 aliphatic carbocycles. The highest BCUT2D eigenvalue weighted by atomic mass is 32.2. The van der Waals surface area contributed by atoms with E-state index < -0.39 is 21.7 Å². The molecule has 0 radical (unpaired) electrons. The third-order valence-electron chi connectivity index (χ3n) is 3.27. The summed E-state index contributed by atoms with van der Waals surface area (Å²) in [7, 11) is -3.83. The highest BCUT2D eigenvalue weighted by Gasteiger charge is 2.40. The molecule has 2 aromatic rings. The van der Waals surface area contributed by atoms with Crippen LogP contribution in [0.3, 0.4) is 0 Å². The Morgan fingerprint density at radius 1 is 1.09 bits per heavy atom. The minimum atomic E-state index is -3.83. The maximum Gasteiger partial charge on any atom is 0.269 e. The number of carbonyl (C=O) groups excluding carboxylic acids is 1. The van der Waals surface area contributed by atoms with Crippen molar-refractivity contribution < 1.29 is 22.3 Å². The number of hydrogen-bond acceptors (Lipinski definition) is 4. The van der Waals surface area contributed by atoms with Crippen molar-refractivity contribution in [3.63, 3.8) is 0 Å². The average Bonchev–Trinajstić information content (AvgIpc) is 2.69. The standard InChI is InChI=1S/C15H12FNO4S/c16-11-4-3-5-12(10-11)21-9-8-17-15(18)13-6-1-2-7-14(13)22(17,19)20/h1-7,10H,8-9H2. The van der Waals surface area contributed by atoms with Gasteiger partial charge in [-0.15, -0.1) is 0 Å². The Labute approximate surface area is 127 Å². The quantitative estimate of drug-likeness (QED) is 0.864. The molecule has 1 amide bonds. The predicted molar refractivity (Wildman–Crippen MR) is 76.6 cm³/mol. The summed E-state index contributed by atoms with van der Waals surface area (Å²) < 4.78 is 43.6. The van der Waals surface area contributed by atoms with Crippen LogP contribution < -0.4 is 4.74 Å². The Morgan fingerprint density at radius 2 is 1.86 bits per heavy atom. The van der Waals surface area contributed by atoms with Gasteiger partial charge in [0.25, 0.3) is 15.9 Å². The third kappa shape index (κ3) is 2.43. The Hall–Kier alpha value is -2.41. The highest BCUT2D eigenvalue weighted by Crippen LogP contribution is 2.29. The first-order valence-electron chi connectivity index (χ1n) is 6.54. The van der Waals surface area contributed by atoms with Crippen molar-refractivity contribution in [2.75, 3.05) is 13.2 Å². The molecule has 0 spiro atoms. The van der Waals surface area contributed by atoms with Crippen molar-refractivity contribution in [2.45, 2.75) is 4.90 Å². The van der Waals surface area contributed by atoms with E-state index in [1.54, 1.807) is 18.2 Å². The third-order valence-corrected chi connectivity index (χ3v) is 5.11. The summed E-state index contributed by atoms with van der Waals surface area (Å²) in [5, 5.41) is 0. The summed E-state index contributed by atoms with van der Waals surface area (Å²) in [5.41, 5.74) is 0.160. The Bertz CT molecular complexity index is 835. The van der Waals surface area contributed by atoms with Gasteiger partial charge in [0.2, 0.25) is 0 Å². The summed E-state index contributed by atoms with van der Waals surface area (Å²) >= 11 is 0. The average molecular weight is 321 g/mol. The van der Waals surface area contributed by atoms with Crippen molar-refractivity contribution in [3.05, 3.63) is 59.9 Å². The van der Waals surface area contributed by atoms with Crippen LogP contribution in [-0.2, 0) is 10.0 Å². The molecule has 0 bridgehead atoms. The normalized spacial score (nSPS) is 15.7. The van der Waals surface area contributed by atoms with E-state index in [1.165, 1.54) is 30.3 Å². The summed E-state index contributed by atoms with van der Waals surface area (Å²) in [5.74, 6) is -0.741. The zero-order valence-corrected chi connectivity index (χ0v) is 12.2. The Balaban J connectivity index is 1.73. The first-order valence-corrected chi connectivity index (χ1v) is 7.98. The van der Waals surface area contributed by atoms with Crippen LogP contribution >= 0.6 is 0 Å².